The second-order valence-corrected chi connectivity index (χ2v) is 4.42. The molecule has 0 saturated heterocycles. The number of amidine groups is 1. The van der Waals surface area contributed by atoms with Gasteiger partial charge in [-0.2, -0.15) is 4.99 Å². The largest absolute Gasteiger partial charge is 0.331 e. The quantitative estimate of drug-likeness (QED) is 0.342. The van der Waals surface area contributed by atoms with Crippen LogP contribution >= 0.6 is 23.8 Å². The number of halogens is 1. The molecule has 2 rings (SSSR count). The lowest BCUT2D eigenvalue weighted by Crippen LogP contribution is -2.24. The van der Waals surface area contributed by atoms with E-state index in [0.717, 1.165) is 5.69 Å². The fraction of sp³-hybridized carbons (Fsp3) is 0. The van der Waals surface area contributed by atoms with E-state index in [0.29, 0.717) is 10.7 Å². The molecule has 3 N–H and O–H groups in total. The van der Waals surface area contributed by atoms with Gasteiger partial charge in [0.25, 0.3) is 0 Å². The van der Waals surface area contributed by atoms with Crippen molar-refractivity contribution >= 4 is 40.5 Å². The van der Waals surface area contributed by atoms with Crippen LogP contribution in [0, 0.1) is 0 Å². The van der Waals surface area contributed by atoms with Crippen LogP contribution in [-0.2, 0) is 0 Å². The maximum atomic E-state index is 9.08. The van der Waals surface area contributed by atoms with Crippen molar-refractivity contribution in [3.05, 3.63) is 53.6 Å². The van der Waals surface area contributed by atoms with E-state index in [2.05, 4.69) is 20.3 Å². The molecule has 0 radical (unpaired) electrons. The van der Waals surface area contributed by atoms with Gasteiger partial charge in [-0.15, -0.1) is 0 Å². The number of hydroxylamine groups is 1. The molecule has 0 fully saturated rings. The Bertz CT molecular complexity index is 618. The first-order valence-electron chi connectivity index (χ1n) is 5.51. The molecule has 0 aliphatic carbocycles. The van der Waals surface area contributed by atoms with Gasteiger partial charge >= 0.3 is 0 Å². The Balaban J connectivity index is 2.12. The number of nitrogens with zero attached hydrogens (tertiary/aromatic N) is 3. The van der Waals surface area contributed by atoms with E-state index >= 15 is 0 Å². The molecule has 0 aliphatic rings. The van der Waals surface area contributed by atoms with Gasteiger partial charge in [0.2, 0.25) is 0 Å². The van der Waals surface area contributed by atoms with Crippen LogP contribution in [0.25, 0.3) is 0 Å². The van der Waals surface area contributed by atoms with E-state index in [1.807, 2.05) is 5.48 Å². The van der Waals surface area contributed by atoms with Crippen LogP contribution < -0.4 is 10.8 Å². The molecule has 0 aliphatic heterocycles. The van der Waals surface area contributed by atoms with Crippen molar-refractivity contribution in [2.24, 2.45) is 4.99 Å². The second-order valence-electron chi connectivity index (χ2n) is 3.60. The summed E-state index contributed by atoms with van der Waals surface area (Å²) in [6.45, 7) is 0. The van der Waals surface area contributed by atoms with Crippen molar-refractivity contribution in [2.45, 2.75) is 0 Å². The summed E-state index contributed by atoms with van der Waals surface area (Å²) < 4.78 is 0. The summed E-state index contributed by atoms with van der Waals surface area (Å²) in [5.74, 6) is 0.101. The van der Waals surface area contributed by atoms with Crippen molar-refractivity contribution < 1.29 is 5.21 Å². The molecule has 0 unspecified atom stereocenters. The molecule has 0 saturated carbocycles. The average molecular weight is 308 g/mol. The third-order valence-electron chi connectivity index (χ3n) is 2.22. The topological polar surface area (TPSA) is 82.4 Å². The first-order valence-corrected chi connectivity index (χ1v) is 6.29. The lowest BCUT2D eigenvalue weighted by molar-refractivity contribution is 0.235. The molecule has 0 spiro atoms. The maximum Gasteiger partial charge on any atom is 0.199 e. The van der Waals surface area contributed by atoms with Crippen LogP contribution in [0.1, 0.15) is 5.69 Å². The predicted octanol–water partition coefficient (Wildman–Crippen LogP) is 2.25. The third-order valence-corrected chi connectivity index (χ3v) is 2.67. The van der Waals surface area contributed by atoms with E-state index < -0.39 is 0 Å². The van der Waals surface area contributed by atoms with E-state index in [4.69, 9.17) is 29.0 Å². The Labute approximate surface area is 125 Å². The summed E-state index contributed by atoms with van der Waals surface area (Å²) in [4.78, 5) is 11.9. The zero-order chi connectivity index (χ0) is 14.4. The number of rotatable bonds is 2. The minimum atomic E-state index is 0.101. The molecule has 0 atom stereocenters. The standard InChI is InChI=1S/C12H10ClN5OS/c13-8-1-3-9(4-2-8)16-12(20)17-11(18-19)10-7-14-5-6-15-10/h1-7,19H,(H2,16,17,18,20). The molecule has 2 aromatic rings. The summed E-state index contributed by atoms with van der Waals surface area (Å²) in [5, 5.41) is 12.8. The maximum absolute atomic E-state index is 9.08. The number of hydrogen-bond acceptors (Lipinski definition) is 4. The van der Waals surface area contributed by atoms with E-state index in [1.54, 1.807) is 24.3 Å². The molecule has 1 aromatic heterocycles. The lowest BCUT2D eigenvalue weighted by Gasteiger charge is -2.06. The van der Waals surface area contributed by atoms with Gasteiger partial charge < -0.3 is 5.32 Å². The van der Waals surface area contributed by atoms with Gasteiger partial charge in [-0.3, -0.25) is 15.7 Å². The van der Waals surface area contributed by atoms with Crippen molar-refractivity contribution in [3.8, 4) is 0 Å². The lowest BCUT2D eigenvalue weighted by atomic mass is 10.3. The highest BCUT2D eigenvalue weighted by Gasteiger charge is 2.05. The minimum absolute atomic E-state index is 0.101. The SMILES string of the molecule is ON/C(=N\C(=S)Nc1ccc(Cl)cc1)c1cnccn1. The van der Waals surface area contributed by atoms with Crippen LogP contribution in [0.5, 0.6) is 0 Å². The smallest absolute Gasteiger partial charge is 0.199 e. The number of anilines is 1. The summed E-state index contributed by atoms with van der Waals surface area (Å²) in [5.41, 5.74) is 3.05. The predicted molar refractivity (Wildman–Crippen MR) is 81.2 cm³/mol. The fourth-order valence-corrected chi connectivity index (χ4v) is 1.68. The third kappa shape index (κ3) is 3.95. The van der Waals surface area contributed by atoms with Gasteiger partial charge in [0, 0.05) is 23.1 Å². The van der Waals surface area contributed by atoms with Gasteiger partial charge in [0.1, 0.15) is 5.69 Å². The monoisotopic (exact) mass is 307 g/mol. The highest BCUT2D eigenvalue weighted by atomic mass is 35.5. The van der Waals surface area contributed by atoms with E-state index in [-0.39, 0.29) is 10.9 Å². The Morgan fingerprint density at radius 2 is 2.00 bits per heavy atom. The molecule has 8 heteroatoms. The fourth-order valence-electron chi connectivity index (χ4n) is 1.35. The summed E-state index contributed by atoms with van der Waals surface area (Å²) >= 11 is 10.9. The number of nitrogens with one attached hydrogen (secondary N) is 2. The molecule has 6 nitrogen and oxygen atoms in total. The number of hydrogen-bond donors (Lipinski definition) is 3. The Morgan fingerprint density at radius 3 is 2.60 bits per heavy atom. The highest BCUT2D eigenvalue weighted by Crippen LogP contribution is 2.13. The number of aliphatic imine (C=N–C) groups is 1. The summed E-state index contributed by atoms with van der Waals surface area (Å²) in [6, 6.07) is 6.98. The van der Waals surface area contributed by atoms with Crippen LogP contribution in [-0.4, -0.2) is 26.1 Å². The normalized spacial score (nSPS) is 11.0. The molecule has 0 amide bonds. The molecule has 0 bridgehead atoms. The molecular formula is C12H10ClN5OS. The van der Waals surface area contributed by atoms with E-state index in [1.165, 1.54) is 18.6 Å². The first-order chi connectivity index (χ1) is 9.69. The van der Waals surface area contributed by atoms with Crippen molar-refractivity contribution in [1.82, 2.24) is 15.4 Å². The van der Waals surface area contributed by atoms with Crippen molar-refractivity contribution in [3.63, 3.8) is 0 Å². The minimum Gasteiger partial charge on any atom is -0.331 e. The Hall–Kier alpha value is -2.09. The molecule has 20 heavy (non-hydrogen) atoms. The van der Waals surface area contributed by atoms with E-state index in [9.17, 15) is 0 Å². The van der Waals surface area contributed by atoms with Gasteiger partial charge in [0.05, 0.1) is 6.20 Å². The number of aromatic nitrogens is 2. The molecule has 102 valence electrons. The van der Waals surface area contributed by atoms with Crippen LogP contribution in [0.15, 0.2) is 47.8 Å². The van der Waals surface area contributed by atoms with Crippen LogP contribution in [0.3, 0.4) is 0 Å². The molecular weight excluding hydrogens is 298 g/mol. The number of benzene rings is 1. The molecule has 1 heterocycles. The Kier molecular flexibility index (Phi) is 4.94. The average Bonchev–Trinajstić information content (AvgIpc) is 2.48. The van der Waals surface area contributed by atoms with Gasteiger partial charge in [0.15, 0.2) is 10.9 Å². The van der Waals surface area contributed by atoms with Crippen molar-refractivity contribution in [2.75, 3.05) is 5.32 Å². The van der Waals surface area contributed by atoms with Gasteiger partial charge in [-0.05, 0) is 36.5 Å². The van der Waals surface area contributed by atoms with Crippen LogP contribution in [0.2, 0.25) is 5.02 Å². The number of thiocarbonyl (C=S) groups is 1. The van der Waals surface area contributed by atoms with Gasteiger partial charge in [-0.1, -0.05) is 11.6 Å². The highest BCUT2D eigenvalue weighted by molar-refractivity contribution is 7.80. The van der Waals surface area contributed by atoms with Crippen LogP contribution in [0.4, 0.5) is 5.69 Å². The summed E-state index contributed by atoms with van der Waals surface area (Å²) in [7, 11) is 0. The van der Waals surface area contributed by atoms with Gasteiger partial charge in [-0.25, -0.2) is 4.98 Å². The molecule has 1 aromatic carbocycles. The second kappa shape index (κ2) is 6.90. The zero-order valence-electron chi connectivity index (χ0n) is 10.1. The first kappa shape index (κ1) is 14.3. The van der Waals surface area contributed by atoms with Crippen molar-refractivity contribution in [1.29, 1.82) is 0 Å². The zero-order valence-corrected chi connectivity index (χ0v) is 11.7. The Morgan fingerprint density at radius 1 is 1.25 bits per heavy atom. The summed E-state index contributed by atoms with van der Waals surface area (Å²) in [6.07, 6.45) is 4.45.